The number of nitrogens with one attached hydrogen (secondary N) is 1. The van der Waals surface area contributed by atoms with Crippen molar-refractivity contribution in [2.75, 3.05) is 31.6 Å². The van der Waals surface area contributed by atoms with E-state index in [0.29, 0.717) is 39.0 Å². The molecule has 3 amide bonds. The van der Waals surface area contributed by atoms with E-state index in [9.17, 15) is 9.59 Å². The minimum Gasteiger partial charge on any atom is -0.497 e. The molecular formula is C25H31N3O4. The lowest BCUT2D eigenvalue weighted by Gasteiger charge is -2.39. The maximum atomic E-state index is 13.3. The van der Waals surface area contributed by atoms with Gasteiger partial charge in [-0.25, -0.2) is 4.79 Å². The SMILES string of the molecule is CC[C@@H]1CN(C(=O)N2CCC(C(=O)NCc3cccc(OC)c3)CC2)c2ccccc2O1. The fourth-order valence-corrected chi connectivity index (χ4v) is 4.31. The van der Waals surface area contributed by atoms with E-state index >= 15 is 0 Å². The monoisotopic (exact) mass is 437 g/mol. The van der Waals surface area contributed by atoms with E-state index in [-0.39, 0.29) is 24.0 Å². The average molecular weight is 438 g/mol. The normalized spacial score (nSPS) is 18.5. The molecule has 0 bridgehead atoms. The van der Waals surface area contributed by atoms with Crippen LogP contribution in [0.25, 0.3) is 0 Å². The smallest absolute Gasteiger partial charge is 0.324 e. The number of ether oxygens (including phenoxy) is 2. The molecule has 32 heavy (non-hydrogen) atoms. The van der Waals surface area contributed by atoms with Crippen molar-refractivity contribution >= 4 is 17.6 Å². The number of methoxy groups -OCH3 is 1. The first kappa shape index (κ1) is 22.0. The molecule has 2 aliphatic rings. The summed E-state index contributed by atoms with van der Waals surface area (Å²) in [6, 6.07) is 15.4. The van der Waals surface area contributed by atoms with E-state index in [1.807, 2.05) is 58.3 Å². The van der Waals surface area contributed by atoms with Crippen molar-refractivity contribution in [2.24, 2.45) is 5.92 Å². The number of likely N-dealkylation sites (tertiary alicyclic amines) is 1. The molecule has 1 N–H and O–H groups in total. The van der Waals surface area contributed by atoms with Gasteiger partial charge in [0.15, 0.2) is 0 Å². The van der Waals surface area contributed by atoms with Crippen molar-refractivity contribution in [3.05, 3.63) is 54.1 Å². The van der Waals surface area contributed by atoms with Crippen LogP contribution in [-0.4, -0.2) is 49.7 Å². The maximum absolute atomic E-state index is 13.3. The summed E-state index contributed by atoms with van der Waals surface area (Å²) in [7, 11) is 1.63. The number of nitrogens with zero attached hydrogens (tertiary/aromatic N) is 2. The van der Waals surface area contributed by atoms with Gasteiger partial charge in [0.2, 0.25) is 5.91 Å². The molecule has 4 rings (SSSR count). The molecule has 0 unspecified atom stereocenters. The van der Waals surface area contributed by atoms with Gasteiger partial charge >= 0.3 is 6.03 Å². The van der Waals surface area contributed by atoms with Gasteiger partial charge in [0.1, 0.15) is 17.6 Å². The molecule has 0 saturated carbocycles. The van der Waals surface area contributed by atoms with Crippen LogP contribution in [0.15, 0.2) is 48.5 Å². The zero-order chi connectivity index (χ0) is 22.5. The summed E-state index contributed by atoms with van der Waals surface area (Å²) in [4.78, 5) is 29.7. The molecule has 1 atom stereocenters. The van der Waals surface area contributed by atoms with Gasteiger partial charge in [-0.1, -0.05) is 31.2 Å². The number of benzene rings is 2. The van der Waals surface area contributed by atoms with Crippen LogP contribution in [0.1, 0.15) is 31.7 Å². The summed E-state index contributed by atoms with van der Waals surface area (Å²) in [5.41, 5.74) is 1.82. The van der Waals surface area contributed by atoms with Crippen molar-refractivity contribution in [3.63, 3.8) is 0 Å². The quantitative estimate of drug-likeness (QED) is 0.772. The Morgan fingerprint density at radius 3 is 2.66 bits per heavy atom. The number of hydrogen-bond acceptors (Lipinski definition) is 4. The van der Waals surface area contributed by atoms with Crippen molar-refractivity contribution in [1.29, 1.82) is 0 Å². The Labute approximate surface area is 189 Å². The van der Waals surface area contributed by atoms with Crippen LogP contribution in [0.5, 0.6) is 11.5 Å². The Morgan fingerprint density at radius 1 is 1.12 bits per heavy atom. The van der Waals surface area contributed by atoms with Gasteiger partial charge in [-0.15, -0.1) is 0 Å². The number of urea groups is 1. The summed E-state index contributed by atoms with van der Waals surface area (Å²) >= 11 is 0. The van der Waals surface area contributed by atoms with Gasteiger partial charge < -0.3 is 19.7 Å². The molecule has 0 spiro atoms. The number of hydrogen-bond donors (Lipinski definition) is 1. The molecule has 2 aromatic rings. The Bertz CT molecular complexity index is 956. The fraction of sp³-hybridized carbons (Fsp3) is 0.440. The topological polar surface area (TPSA) is 71.1 Å². The zero-order valence-corrected chi connectivity index (χ0v) is 18.8. The summed E-state index contributed by atoms with van der Waals surface area (Å²) in [5.74, 6) is 1.50. The Morgan fingerprint density at radius 2 is 1.91 bits per heavy atom. The number of para-hydroxylation sites is 2. The second kappa shape index (κ2) is 9.94. The van der Waals surface area contributed by atoms with Crippen LogP contribution in [0.3, 0.4) is 0 Å². The summed E-state index contributed by atoms with van der Waals surface area (Å²) in [5, 5.41) is 3.03. The first-order chi connectivity index (χ1) is 15.6. The molecule has 7 nitrogen and oxygen atoms in total. The molecule has 2 aliphatic heterocycles. The molecule has 2 heterocycles. The number of carbonyl (C=O) groups is 2. The molecule has 7 heteroatoms. The standard InChI is InChI=1S/C25H31N3O4/c1-3-20-17-28(22-9-4-5-10-23(22)32-20)25(30)27-13-11-19(12-14-27)24(29)26-16-18-7-6-8-21(15-18)31-2/h4-10,15,19-20H,3,11-14,16-17H2,1-2H3,(H,26,29)/t20-/m1/s1. The molecule has 1 saturated heterocycles. The highest BCUT2D eigenvalue weighted by Gasteiger charge is 2.34. The minimum absolute atomic E-state index is 0.00515. The van der Waals surface area contributed by atoms with Crippen LogP contribution in [0.4, 0.5) is 10.5 Å². The van der Waals surface area contributed by atoms with Gasteiger partial charge in [-0.05, 0) is 49.1 Å². The maximum Gasteiger partial charge on any atom is 0.324 e. The van der Waals surface area contributed by atoms with Crippen molar-refractivity contribution < 1.29 is 19.1 Å². The van der Waals surface area contributed by atoms with Crippen LogP contribution < -0.4 is 19.7 Å². The lowest BCUT2D eigenvalue weighted by molar-refractivity contribution is -0.126. The van der Waals surface area contributed by atoms with Crippen LogP contribution in [-0.2, 0) is 11.3 Å². The summed E-state index contributed by atoms with van der Waals surface area (Å²) in [6.07, 6.45) is 2.17. The van der Waals surface area contributed by atoms with Gasteiger partial charge in [0.25, 0.3) is 0 Å². The van der Waals surface area contributed by atoms with Crippen LogP contribution in [0.2, 0.25) is 0 Å². The van der Waals surface area contributed by atoms with E-state index in [1.165, 1.54) is 0 Å². The van der Waals surface area contributed by atoms with E-state index in [1.54, 1.807) is 7.11 Å². The molecular weight excluding hydrogens is 406 g/mol. The lowest BCUT2D eigenvalue weighted by Crippen LogP contribution is -2.52. The number of anilines is 1. The number of piperidine rings is 1. The highest BCUT2D eigenvalue weighted by molar-refractivity contribution is 5.94. The molecule has 0 aliphatic carbocycles. The second-order valence-electron chi connectivity index (χ2n) is 8.34. The van der Waals surface area contributed by atoms with Gasteiger partial charge in [0, 0.05) is 25.6 Å². The predicted octanol–water partition coefficient (Wildman–Crippen LogP) is 3.82. The number of fused-ring (bicyclic) bond motifs is 1. The largest absolute Gasteiger partial charge is 0.497 e. The van der Waals surface area contributed by atoms with Crippen LogP contribution in [0, 0.1) is 5.92 Å². The van der Waals surface area contributed by atoms with E-state index in [0.717, 1.165) is 29.2 Å². The first-order valence-corrected chi connectivity index (χ1v) is 11.3. The van der Waals surface area contributed by atoms with Crippen molar-refractivity contribution in [3.8, 4) is 11.5 Å². The third-order valence-corrected chi connectivity index (χ3v) is 6.26. The molecule has 0 aromatic heterocycles. The van der Waals surface area contributed by atoms with E-state index in [4.69, 9.17) is 9.47 Å². The zero-order valence-electron chi connectivity index (χ0n) is 18.8. The van der Waals surface area contributed by atoms with Gasteiger partial charge in [-0.3, -0.25) is 9.69 Å². The Hall–Kier alpha value is -3.22. The Kier molecular flexibility index (Phi) is 6.83. The molecule has 2 aromatic carbocycles. The summed E-state index contributed by atoms with van der Waals surface area (Å²) in [6.45, 7) is 4.24. The van der Waals surface area contributed by atoms with Crippen molar-refractivity contribution in [2.45, 2.75) is 38.8 Å². The highest BCUT2D eigenvalue weighted by atomic mass is 16.5. The number of carbonyl (C=O) groups excluding carboxylic acids is 2. The second-order valence-corrected chi connectivity index (χ2v) is 8.34. The third-order valence-electron chi connectivity index (χ3n) is 6.26. The third kappa shape index (κ3) is 4.82. The van der Waals surface area contributed by atoms with E-state index < -0.39 is 0 Å². The van der Waals surface area contributed by atoms with Gasteiger partial charge in [-0.2, -0.15) is 0 Å². The van der Waals surface area contributed by atoms with E-state index in [2.05, 4.69) is 12.2 Å². The molecule has 0 radical (unpaired) electrons. The van der Waals surface area contributed by atoms with Crippen LogP contribution >= 0.6 is 0 Å². The summed E-state index contributed by atoms with van der Waals surface area (Å²) < 4.78 is 11.2. The molecule has 170 valence electrons. The minimum atomic E-state index is -0.0787. The Balaban J connectivity index is 1.32. The number of amides is 3. The highest BCUT2D eigenvalue weighted by Crippen LogP contribution is 2.35. The van der Waals surface area contributed by atoms with Gasteiger partial charge in [0.05, 0.1) is 19.3 Å². The lowest BCUT2D eigenvalue weighted by atomic mass is 9.96. The predicted molar refractivity (Wildman–Crippen MR) is 123 cm³/mol. The average Bonchev–Trinajstić information content (AvgIpc) is 2.86. The number of rotatable bonds is 5. The fourth-order valence-electron chi connectivity index (χ4n) is 4.31. The molecule has 1 fully saturated rings. The van der Waals surface area contributed by atoms with Crippen molar-refractivity contribution in [1.82, 2.24) is 10.2 Å². The first-order valence-electron chi connectivity index (χ1n) is 11.3.